The molecule has 2 aromatic carbocycles. The van der Waals surface area contributed by atoms with Crippen molar-refractivity contribution in [3.05, 3.63) is 58.6 Å². The van der Waals surface area contributed by atoms with Crippen molar-refractivity contribution in [2.24, 2.45) is 0 Å². The number of fused-ring (bicyclic) bond motifs is 1. The summed E-state index contributed by atoms with van der Waals surface area (Å²) in [6, 6.07) is 12.9. The molecule has 1 aliphatic heterocycles. The van der Waals surface area contributed by atoms with E-state index in [0.717, 1.165) is 12.0 Å². The highest BCUT2D eigenvalue weighted by molar-refractivity contribution is 7.92. The molecule has 0 N–H and O–H groups in total. The summed E-state index contributed by atoms with van der Waals surface area (Å²) in [4.78, 5) is 12.0. The van der Waals surface area contributed by atoms with E-state index in [9.17, 15) is 13.2 Å². The maximum Gasteiger partial charge on any atom is 0.340 e. The highest BCUT2D eigenvalue weighted by atomic mass is 35.5. The van der Waals surface area contributed by atoms with Crippen molar-refractivity contribution in [2.45, 2.75) is 17.7 Å². The lowest BCUT2D eigenvalue weighted by Gasteiger charge is -2.30. The van der Waals surface area contributed by atoms with E-state index >= 15 is 0 Å². The third-order valence-electron chi connectivity index (χ3n) is 4.08. The number of carbonyl (C=O) groups excluding carboxylic acids is 1. The zero-order chi connectivity index (χ0) is 18.7. The second kappa shape index (κ2) is 7.36. The molecular formula is C18H15ClN2O4S. The molecule has 1 aliphatic rings. The molecule has 0 radical (unpaired) electrons. The first-order valence-electron chi connectivity index (χ1n) is 7.89. The number of hydrogen-bond acceptors (Lipinski definition) is 5. The predicted octanol–water partition coefficient (Wildman–Crippen LogP) is 3.16. The van der Waals surface area contributed by atoms with Crippen LogP contribution in [0.3, 0.4) is 0 Å². The molecular weight excluding hydrogens is 376 g/mol. The minimum absolute atomic E-state index is 0.0532. The van der Waals surface area contributed by atoms with Crippen molar-refractivity contribution in [2.75, 3.05) is 17.5 Å². The van der Waals surface area contributed by atoms with E-state index < -0.39 is 22.6 Å². The molecule has 0 atom stereocenters. The standard InChI is InChI=1S/C18H15ClN2O4S/c19-16-8-7-14(12-15(16)18(22)25-11-9-20)26(23,24)21-10-3-5-13-4-1-2-6-17(13)21/h1-2,4,6-8,12H,3,5,10-11H2. The largest absolute Gasteiger partial charge is 0.447 e. The average molecular weight is 391 g/mol. The quantitative estimate of drug-likeness (QED) is 0.748. The van der Waals surface area contributed by atoms with Crippen molar-refractivity contribution in [1.82, 2.24) is 0 Å². The van der Waals surface area contributed by atoms with Gasteiger partial charge >= 0.3 is 5.97 Å². The summed E-state index contributed by atoms with van der Waals surface area (Å²) in [6.45, 7) is -0.0815. The Morgan fingerprint density at radius 2 is 2.04 bits per heavy atom. The molecule has 0 amide bonds. The number of hydrogen-bond donors (Lipinski definition) is 0. The molecule has 2 aromatic rings. The SMILES string of the molecule is N#CCOC(=O)c1cc(S(=O)(=O)N2CCCc3ccccc32)ccc1Cl. The smallest absolute Gasteiger partial charge is 0.340 e. The van der Waals surface area contributed by atoms with E-state index in [1.807, 2.05) is 12.1 Å². The fourth-order valence-electron chi connectivity index (χ4n) is 2.87. The maximum absolute atomic E-state index is 13.1. The van der Waals surface area contributed by atoms with Gasteiger partial charge in [0.05, 0.1) is 21.2 Å². The van der Waals surface area contributed by atoms with E-state index in [0.29, 0.717) is 18.7 Å². The number of esters is 1. The summed E-state index contributed by atoms with van der Waals surface area (Å²) < 4.78 is 32.3. The summed E-state index contributed by atoms with van der Waals surface area (Å²) in [7, 11) is -3.87. The number of nitrogens with zero attached hydrogens (tertiary/aromatic N) is 2. The molecule has 0 unspecified atom stereocenters. The first kappa shape index (κ1) is 18.2. The molecule has 6 nitrogen and oxygen atoms in total. The molecule has 0 saturated carbocycles. The van der Waals surface area contributed by atoms with Crippen molar-refractivity contribution >= 4 is 33.3 Å². The predicted molar refractivity (Wildman–Crippen MR) is 96.6 cm³/mol. The van der Waals surface area contributed by atoms with Crippen LogP contribution in [0.25, 0.3) is 0 Å². The normalized spacial score (nSPS) is 13.6. The van der Waals surface area contributed by atoms with Gasteiger partial charge in [0.2, 0.25) is 0 Å². The van der Waals surface area contributed by atoms with E-state index in [4.69, 9.17) is 21.6 Å². The van der Waals surface area contributed by atoms with E-state index in [1.54, 1.807) is 18.2 Å². The van der Waals surface area contributed by atoms with Crippen LogP contribution in [0.5, 0.6) is 0 Å². The van der Waals surface area contributed by atoms with Crippen LogP contribution in [-0.4, -0.2) is 27.5 Å². The van der Waals surface area contributed by atoms with Crippen LogP contribution in [0.15, 0.2) is 47.4 Å². The summed E-state index contributed by atoms with van der Waals surface area (Å²) in [6.07, 6.45) is 1.52. The Morgan fingerprint density at radius 3 is 2.81 bits per heavy atom. The van der Waals surface area contributed by atoms with Crippen LogP contribution in [-0.2, 0) is 21.2 Å². The highest BCUT2D eigenvalue weighted by Crippen LogP contribution is 2.32. The molecule has 134 valence electrons. The minimum atomic E-state index is -3.87. The minimum Gasteiger partial charge on any atom is -0.447 e. The maximum atomic E-state index is 13.1. The lowest BCUT2D eigenvalue weighted by Crippen LogP contribution is -2.35. The molecule has 0 aliphatic carbocycles. The Labute approximate surface area is 156 Å². The number of halogens is 1. The van der Waals surface area contributed by atoms with Gasteiger partial charge in [-0.1, -0.05) is 29.8 Å². The van der Waals surface area contributed by atoms with E-state index in [1.165, 1.54) is 22.5 Å². The molecule has 0 fully saturated rings. The Hall–Kier alpha value is -2.56. The lowest BCUT2D eigenvalue weighted by atomic mass is 10.0. The second-order valence-corrected chi connectivity index (χ2v) is 7.95. The number of benzene rings is 2. The molecule has 0 aromatic heterocycles. The number of anilines is 1. The van der Waals surface area contributed by atoms with E-state index in [-0.39, 0.29) is 15.5 Å². The fraction of sp³-hybridized carbons (Fsp3) is 0.222. The molecule has 8 heteroatoms. The van der Waals surface area contributed by atoms with Crippen LogP contribution >= 0.6 is 11.6 Å². The molecule has 3 rings (SSSR count). The third kappa shape index (κ3) is 3.39. The Kier molecular flexibility index (Phi) is 5.16. The van der Waals surface area contributed by atoms with Crippen molar-refractivity contribution in [3.8, 4) is 6.07 Å². The number of carbonyl (C=O) groups is 1. The number of sulfonamides is 1. The van der Waals surface area contributed by atoms with Crippen LogP contribution in [0.4, 0.5) is 5.69 Å². The number of rotatable bonds is 4. The summed E-state index contributed by atoms with van der Waals surface area (Å²) in [5, 5.41) is 8.58. The Bertz CT molecular complexity index is 998. The van der Waals surface area contributed by atoms with Crippen molar-refractivity contribution < 1.29 is 17.9 Å². The number of aryl methyl sites for hydroxylation is 1. The van der Waals surface area contributed by atoms with Gasteiger partial charge in [-0.2, -0.15) is 5.26 Å². The summed E-state index contributed by atoms with van der Waals surface area (Å²) in [5.74, 6) is -0.840. The van der Waals surface area contributed by atoms with Gasteiger partial charge in [0.15, 0.2) is 6.61 Å². The van der Waals surface area contributed by atoms with Crippen LogP contribution < -0.4 is 4.31 Å². The number of para-hydroxylation sites is 1. The Morgan fingerprint density at radius 1 is 1.27 bits per heavy atom. The first-order valence-corrected chi connectivity index (χ1v) is 9.71. The zero-order valence-corrected chi connectivity index (χ0v) is 15.3. The van der Waals surface area contributed by atoms with Gasteiger partial charge in [0.1, 0.15) is 6.07 Å². The molecule has 0 spiro atoms. The van der Waals surface area contributed by atoms with Crippen molar-refractivity contribution in [3.63, 3.8) is 0 Å². The van der Waals surface area contributed by atoms with Gasteiger partial charge in [-0.05, 0) is 42.7 Å². The molecule has 0 bridgehead atoms. The van der Waals surface area contributed by atoms with Gasteiger partial charge in [0, 0.05) is 6.54 Å². The van der Waals surface area contributed by atoms with Gasteiger partial charge in [-0.3, -0.25) is 4.31 Å². The first-order chi connectivity index (χ1) is 12.4. The Balaban J connectivity index is 2.01. The highest BCUT2D eigenvalue weighted by Gasteiger charge is 2.30. The van der Waals surface area contributed by atoms with E-state index in [2.05, 4.69) is 0 Å². The van der Waals surface area contributed by atoms with Gasteiger partial charge < -0.3 is 4.74 Å². The molecule has 1 heterocycles. The van der Waals surface area contributed by atoms with Crippen molar-refractivity contribution in [1.29, 1.82) is 5.26 Å². The van der Waals surface area contributed by atoms with Crippen LogP contribution in [0.2, 0.25) is 5.02 Å². The lowest BCUT2D eigenvalue weighted by molar-refractivity contribution is 0.0555. The van der Waals surface area contributed by atoms with Crippen LogP contribution in [0, 0.1) is 11.3 Å². The van der Waals surface area contributed by atoms with Gasteiger partial charge in [-0.25, -0.2) is 13.2 Å². The topological polar surface area (TPSA) is 87.5 Å². The zero-order valence-electron chi connectivity index (χ0n) is 13.7. The molecule has 26 heavy (non-hydrogen) atoms. The van der Waals surface area contributed by atoms with Gasteiger partial charge in [0.25, 0.3) is 10.0 Å². The summed E-state index contributed by atoms with van der Waals surface area (Å²) >= 11 is 5.99. The third-order valence-corrected chi connectivity index (χ3v) is 6.22. The monoisotopic (exact) mass is 390 g/mol. The second-order valence-electron chi connectivity index (χ2n) is 5.69. The van der Waals surface area contributed by atoms with Crippen LogP contribution in [0.1, 0.15) is 22.3 Å². The molecule has 0 saturated heterocycles. The number of ether oxygens (including phenoxy) is 1. The fourth-order valence-corrected chi connectivity index (χ4v) is 4.64. The average Bonchev–Trinajstić information content (AvgIpc) is 2.65. The number of nitriles is 1. The van der Waals surface area contributed by atoms with Gasteiger partial charge in [-0.15, -0.1) is 0 Å². The summed E-state index contributed by atoms with van der Waals surface area (Å²) in [5.41, 5.74) is 1.51.